The summed E-state index contributed by atoms with van der Waals surface area (Å²) in [6, 6.07) is 3.91. The number of nitrogens with zero attached hydrogens (tertiary/aromatic N) is 4. The Bertz CT molecular complexity index is 894. The van der Waals surface area contributed by atoms with Crippen LogP contribution in [0.4, 0.5) is 5.95 Å². The second-order valence-electron chi connectivity index (χ2n) is 5.04. The molecular formula is C16H18ClN5O2. The standard InChI is InChI=1S/C14H12ClN5O2.C2H6/c1-7-2-10-11(22-6-21-10)3-8(7)5-20-13-9(4-17-20)12(15)18-14(16)19-13;1-2/h2-4H,5-6H2,1H3,(H2,16,18,19);1-2H3. The van der Waals surface area contributed by atoms with Gasteiger partial charge in [0.2, 0.25) is 12.7 Å². The van der Waals surface area contributed by atoms with Gasteiger partial charge in [-0.1, -0.05) is 25.4 Å². The van der Waals surface area contributed by atoms with Crippen molar-refractivity contribution in [2.75, 3.05) is 12.5 Å². The van der Waals surface area contributed by atoms with Crippen molar-refractivity contribution in [1.29, 1.82) is 0 Å². The van der Waals surface area contributed by atoms with Crippen LogP contribution in [0.1, 0.15) is 25.0 Å². The predicted octanol–water partition coefficient (Wildman–Crippen LogP) is 3.17. The molecule has 24 heavy (non-hydrogen) atoms. The number of benzene rings is 1. The van der Waals surface area contributed by atoms with E-state index in [4.69, 9.17) is 26.8 Å². The van der Waals surface area contributed by atoms with E-state index in [0.717, 1.165) is 22.6 Å². The first-order chi connectivity index (χ1) is 11.6. The van der Waals surface area contributed by atoms with Gasteiger partial charge in [-0.05, 0) is 30.2 Å². The molecule has 0 saturated carbocycles. The molecule has 2 aromatic heterocycles. The molecule has 0 radical (unpaired) electrons. The lowest BCUT2D eigenvalue weighted by Gasteiger charge is -2.08. The van der Waals surface area contributed by atoms with Crippen LogP contribution in [0.15, 0.2) is 18.3 Å². The quantitative estimate of drug-likeness (QED) is 0.716. The van der Waals surface area contributed by atoms with Crippen LogP contribution in [0.3, 0.4) is 0 Å². The number of aromatic nitrogens is 4. The van der Waals surface area contributed by atoms with Gasteiger partial charge < -0.3 is 15.2 Å². The molecule has 3 heterocycles. The number of halogens is 1. The zero-order valence-corrected chi connectivity index (χ0v) is 14.5. The maximum atomic E-state index is 6.07. The number of rotatable bonds is 2. The van der Waals surface area contributed by atoms with E-state index in [2.05, 4.69) is 15.1 Å². The number of hydrogen-bond donors (Lipinski definition) is 1. The Morgan fingerprint density at radius 3 is 2.67 bits per heavy atom. The van der Waals surface area contributed by atoms with Crippen LogP contribution >= 0.6 is 11.6 Å². The number of aryl methyl sites for hydroxylation is 1. The number of hydrogen-bond acceptors (Lipinski definition) is 6. The Labute approximate surface area is 144 Å². The SMILES string of the molecule is CC.Cc1cc2c(cc1Cn1ncc3c(Cl)nc(N)nc31)OCO2. The van der Waals surface area contributed by atoms with Gasteiger partial charge in [0.15, 0.2) is 17.1 Å². The van der Waals surface area contributed by atoms with E-state index < -0.39 is 0 Å². The van der Waals surface area contributed by atoms with Gasteiger partial charge in [0.05, 0.1) is 18.1 Å². The summed E-state index contributed by atoms with van der Waals surface area (Å²) >= 11 is 6.07. The Kier molecular flexibility index (Phi) is 4.44. The second-order valence-corrected chi connectivity index (χ2v) is 5.40. The molecule has 0 bridgehead atoms. The maximum Gasteiger partial charge on any atom is 0.231 e. The normalized spacial score (nSPS) is 12.2. The van der Waals surface area contributed by atoms with Gasteiger partial charge in [0.1, 0.15) is 5.15 Å². The minimum atomic E-state index is 0.127. The minimum absolute atomic E-state index is 0.127. The van der Waals surface area contributed by atoms with Crippen molar-refractivity contribution in [3.63, 3.8) is 0 Å². The first-order valence-electron chi connectivity index (χ1n) is 7.65. The highest BCUT2D eigenvalue weighted by atomic mass is 35.5. The third kappa shape index (κ3) is 2.82. The molecule has 0 atom stereocenters. The van der Waals surface area contributed by atoms with Crippen molar-refractivity contribution in [2.24, 2.45) is 0 Å². The van der Waals surface area contributed by atoms with Gasteiger partial charge in [0.25, 0.3) is 0 Å². The molecule has 8 heteroatoms. The lowest BCUT2D eigenvalue weighted by molar-refractivity contribution is 0.174. The molecule has 1 aromatic carbocycles. The number of fused-ring (bicyclic) bond motifs is 2. The third-order valence-electron chi connectivity index (χ3n) is 3.62. The van der Waals surface area contributed by atoms with Gasteiger partial charge in [-0.15, -0.1) is 0 Å². The molecule has 3 aromatic rings. The van der Waals surface area contributed by atoms with Gasteiger partial charge in [-0.2, -0.15) is 10.1 Å². The molecule has 4 rings (SSSR count). The van der Waals surface area contributed by atoms with E-state index in [1.54, 1.807) is 10.9 Å². The van der Waals surface area contributed by atoms with E-state index >= 15 is 0 Å². The Morgan fingerprint density at radius 2 is 1.92 bits per heavy atom. The highest BCUT2D eigenvalue weighted by molar-refractivity contribution is 6.34. The van der Waals surface area contributed by atoms with Gasteiger partial charge in [-0.25, -0.2) is 9.67 Å². The summed E-state index contributed by atoms with van der Waals surface area (Å²) < 4.78 is 12.5. The first kappa shape index (κ1) is 16.3. The van der Waals surface area contributed by atoms with Gasteiger partial charge in [-0.3, -0.25) is 0 Å². The largest absolute Gasteiger partial charge is 0.454 e. The van der Waals surface area contributed by atoms with Crippen LogP contribution in [0, 0.1) is 6.92 Å². The van der Waals surface area contributed by atoms with Crippen LogP contribution in [-0.2, 0) is 6.54 Å². The molecule has 0 fully saturated rings. The third-order valence-corrected chi connectivity index (χ3v) is 3.91. The molecule has 7 nitrogen and oxygen atoms in total. The molecule has 0 amide bonds. The van der Waals surface area contributed by atoms with Crippen LogP contribution in [0.25, 0.3) is 11.0 Å². The molecule has 0 spiro atoms. The summed E-state index contributed by atoms with van der Waals surface area (Å²) in [5.41, 5.74) is 8.41. The van der Waals surface area contributed by atoms with Gasteiger partial charge >= 0.3 is 0 Å². The van der Waals surface area contributed by atoms with Crippen molar-refractivity contribution in [3.8, 4) is 11.5 Å². The van der Waals surface area contributed by atoms with E-state index in [1.165, 1.54) is 0 Å². The number of nitrogen functional groups attached to an aromatic ring is 1. The Morgan fingerprint density at radius 1 is 1.21 bits per heavy atom. The molecular weight excluding hydrogens is 330 g/mol. The molecule has 2 N–H and O–H groups in total. The van der Waals surface area contributed by atoms with Crippen LogP contribution in [0.2, 0.25) is 5.15 Å². The number of nitrogens with two attached hydrogens (primary N) is 1. The number of ether oxygens (including phenoxy) is 2. The fraction of sp³-hybridized carbons (Fsp3) is 0.312. The van der Waals surface area contributed by atoms with Crippen molar-refractivity contribution in [3.05, 3.63) is 34.6 Å². The smallest absolute Gasteiger partial charge is 0.231 e. The van der Waals surface area contributed by atoms with Crippen LogP contribution in [-0.4, -0.2) is 26.5 Å². The summed E-state index contributed by atoms with van der Waals surface area (Å²) in [6.45, 7) is 6.79. The fourth-order valence-electron chi connectivity index (χ4n) is 2.47. The summed E-state index contributed by atoms with van der Waals surface area (Å²) in [4.78, 5) is 8.15. The summed E-state index contributed by atoms with van der Waals surface area (Å²) in [6.07, 6.45) is 1.64. The average molecular weight is 348 g/mol. The summed E-state index contributed by atoms with van der Waals surface area (Å²) in [7, 11) is 0. The number of anilines is 1. The molecule has 0 saturated heterocycles. The van der Waals surface area contributed by atoms with E-state index in [0.29, 0.717) is 22.7 Å². The lowest BCUT2D eigenvalue weighted by Crippen LogP contribution is -2.05. The first-order valence-corrected chi connectivity index (χ1v) is 8.03. The van der Waals surface area contributed by atoms with Gasteiger partial charge in [0, 0.05) is 0 Å². The average Bonchev–Trinajstić information content (AvgIpc) is 3.17. The van der Waals surface area contributed by atoms with Crippen LogP contribution < -0.4 is 15.2 Å². The molecule has 126 valence electrons. The lowest BCUT2D eigenvalue weighted by atomic mass is 10.1. The summed E-state index contributed by atoms with van der Waals surface area (Å²) in [5.74, 6) is 1.63. The maximum absolute atomic E-state index is 6.07. The molecule has 1 aliphatic heterocycles. The zero-order chi connectivity index (χ0) is 17.3. The van der Waals surface area contributed by atoms with Crippen molar-refractivity contribution < 1.29 is 9.47 Å². The van der Waals surface area contributed by atoms with E-state index in [9.17, 15) is 0 Å². The molecule has 0 aliphatic carbocycles. The zero-order valence-electron chi connectivity index (χ0n) is 13.7. The minimum Gasteiger partial charge on any atom is -0.454 e. The fourth-order valence-corrected chi connectivity index (χ4v) is 2.69. The highest BCUT2D eigenvalue weighted by Gasteiger charge is 2.17. The van der Waals surface area contributed by atoms with E-state index in [1.807, 2.05) is 32.9 Å². The summed E-state index contributed by atoms with van der Waals surface area (Å²) in [5, 5.41) is 5.31. The van der Waals surface area contributed by atoms with Crippen molar-refractivity contribution >= 4 is 28.6 Å². The molecule has 0 unspecified atom stereocenters. The Hall–Kier alpha value is -2.54. The highest BCUT2D eigenvalue weighted by Crippen LogP contribution is 2.35. The topological polar surface area (TPSA) is 88.1 Å². The second kappa shape index (κ2) is 6.52. The predicted molar refractivity (Wildman–Crippen MR) is 92.5 cm³/mol. The monoisotopic (exact) mass is 347 g/mol. The van der Waals surface area contributed by atoms with E-state index in [-0.39, 0.29) is 12.7 Å². The van der Waals surface area contributed by atoms with Crippen molar-refractivity contribution in [2.45, 2.75) is 27.3 Å². The Balaban J connectivity index is 0.000000815. The van der Waals surface area contributed by atoms with Crippen molar-refractivity contribution in [1.82, 2.24) is 19.7 Å². The van der Waals surface area contributed by atoms with Crippen LogP contribution in [0.5, 0.6) is 11.5 Å². The molecule has 1 aliphatic rings.